The second-order valence-electron chi connectivity index (χ2n) is 4.73. The summed E-state index contributed by atoms with van der Waals surface area (Å²) >= 11 is 0. The van der Waals surface area contributed by atoms with Crippen molar-refractivity contribution in [2.45, 2.75) is 31.7 Å². The molecule has 1 aliphatic rings. The Balaban J connectivity index is 2.06. The van der Waals surface area contributed by atoms with E-state index in [9.17, 15) is 0 Å². The van der Waals surface area contributed by atoms with E-state index in [1.54, 1.807) is 14.2 Å². The van der Waals surface area contributed by atoms with E-state index in [0.29, 0.717) is 0 Å². The predicted molar refractivity (Wildman–Crippen MR) is 70.5 cm³/mol. The monoisotopic (exact) mass is 244 g/mol. The van der Waals surface area contributed by atoms with Gasteiger partial charge in [0.15, 0.2) is 0 Å². The minimum absolute atomic E-state index is 0.731. The Morgan fingerprint density at radius 1 is 1.18 bits per heavy atom. The molecule has 0 bridgehead atoms. The van der Waals surface area contributed by atoms with Crippen LogP contribution in [-0.2, 0) is 9.47 Å². The zero-order valence-corrected chi connectivity index (χ0v) is 11.4. The first-order chi connectivity index (χ1) is 8.38. The van der Waals surface area contributed by atoms with Gasteiger partial charge < -0.3 is 14.8 Å². The summed E-state index contributed by atoms with van der Waals surface area (Å²) in [6.45, 7) is 6.26. The highest BCUT2D eigenvalue weighted by Gasteiger charge is 2.22. The lowest BCUT2D eigenvalue weighted by molar-refractivity contribution is 0.177. The lowest BCUT2D eigenvalue weighted by atomic mass is 10.2. The normalized spacial score (nSPS) is 21.2. The fraction of sp³-hybridized carbons (Fsp3) is 1.00. The summed E-state index contributed by atoms with van der Waals surface area (Å²) in [5, 5.41) is 3.47. The van der Waals surface area contributed by atoms with Gasteiger partial charge in [0.25, 0.3) is 0 Å². The van der Waals surface area contributed by atoms with E-state index in [4.69, 9.17) is 9.47 Å². The quantitative estimate of drug-likeness (QED) is 0.584. The molecular formula is C13H28N2O2. The van der Waals surface area contributed by atoms with Crippen molar-refractivity contribution in [3.8, 4) is 0 Å². The van der Waals surface area contributed by atoms with Crippen LogP contribution >= 0.6 is 0 Å². The average molecular weight is 244 g/mol. The molecular weight excluding hydrogens is 216 g/mol. The van der Waals surface area contributed by atoms with Crippen molar-refractivity contribution in [3.05, 3.63) is 0 Å². The zero-order chi connectivity index (χ0) is 12.3. The van der Waals surface area contributed by atoms with Gasteiger partial charge in [-0.2, -0.15) is 0 Å². The summed E-state index contributed by atoms with van der Waals surface area (Å²) in [5.74, 6) is 0. The van der Waals surface area contributed by atoms with E-state index in [-0.39, 0.29) is 0 Å². The van der Waals surface area contributed by atoms with E-state index < -0.39 is 0 Å². The van der Waals surface area contributed by atoms with Crippen molar-refractivity contribution in [3.63, 3.8) is 0 Å². The Morgan fingerprint density at radius 3 is 2.76 bits per heavy atom. The third-order valence-electron chi connectivity index (χ3n) is 3.41. The van der Waals surface area contributed by atoms with Gasteiger partial charge in [0, 0.05) is 40.0 Å². The molecule has 1 heterocycles. The number of rotatable bonds is 10. The number of hydrogen-bond donors (Lipinski definition) is 1. The molecule has 0 radical (unpaired) electrons. The summed E-state index contributed by atoms with van der Waals surface area (Å²) in [6.07, 6.45) is 5.12. The number of ether oxygens (including phenoxy) is 2. The van der Waals surface area contributed by atoms with Gasteiger partial charge in [0.2, 0.25) is 0 Å². The van der Waals surface area contributed by atoms with Gasteiger partial charge in [-0.05, 0) is 38.8 Å². The maximum absolute atomic E-state index is 5.08. The van der Waals surface area contributed by atoms with Crippen molar-refractivity contribution in [2.75, 3.05) is 53.6 Å². The molecule has 0 spiro atoms. The van der Waals surface area contributed by atoms with Crippen molar-refractivity contribution in [1.82, 2.24) is 10.2 Å². The smallest absolute Gasteiger partial charge is 0.0587 e. The second-order valence-corrected chi connectivity index (χ2v) is 4.73. The third-order valence-corrected chi connectivity index (χ3v) is 3.41. The highest BCUT2D eigenvalue weighted by Crippen LogP contribution is 2.16. The van der Waals surface area contributed by atoms with Crippen LogP contribution in [-0.4, -0.2) is 64.6 Å². The van der Waals surface area contributed by atoms with Crippen LogP contribution in [0.25, 0.3) is 0 Å². The summed E-state index contributed by atoms with van der Waals surface area (Å²) < 4.78 is 10.1. The molecule has 4 heteroatoms. The van der Waals surface area contributed by atoms with Crippen molar-refractivity contribution >= 4 is 0 Å². The van der Waals surface area contributed by atoms with Crippen molar-refractivity contribution in [2.24, 2.45) is 0 Å². The summed E-state index contributed by atoms with van der Waals surface area (Å²) in [7, 11) is 3.53. The first-order valence-corrected chi connectivity index (χ1v) is 6.81. The molecule has 1 unspecified atom stereocenters. The van der Waals surface area contributed by atoms with E-state index in [1.807, 2.05) is 0 Å². The molecule has 1 N–H and O–H groups in total. The van der Waals surface area contributed by atoms with Gasteiger partial charge in [0.1, 0.15) is 0 Å². The highest BCUT2D eigenvalue weighted by atomic mass is 16.5. The standard InChI is InChI=1S/C13H28N2O2/c1-16-10-4-3-8-15-9-5-6-13(15)12-14-7-11-17-2/h13-14H,3-12H2,1-2H3. The highest BCUT2D eigenvalue weighted by molar-refractivity contribution is 4.80. The summed E-state index contributed by atoms with van der Waals surface area (Å²) in [6, 6.07) is 0.731. The largest absolute Gasteiger partial charge is 0.385 e. The van der Waals surface area contributed by atoms with Gasteiger partial charge in [0.05, 0.1) is 6.61 Å². The zero-order valence-electron chi connectivity index (χ0n) is 11.4. The van der Waals surface area contributed by atoms with Gasteiger partial charge in [-0.1, -0.05) is 0 Å². The van der Waals surface area contributed by atoms with Crippen LogP contribution in [0.5, 0.6) is 0 Å². The minimum Gasteiger partial charge on any atom is -0.385 e. The van der Waals surface area contributed by atoms with Crippen molar-refractivity contribution < 1.29 is 9.47 Å². The molecule has 1 fully saturated rings. The Bertz CT molecular complexity index is 161. The fourth-order valence-corrected chi connectivity index (χ4v) is 2.42. The summed E-state index contributed by atoms with van der Waals surface area (Å²) in [5.41, 5.74) is 0. The Hall–Kier alpha value is -0.160. The number of methoxy groups -OCH3 is 2. The maximum Gasteiger partial charge on any atom is 0.0587 e. The number of nitrogens with one attached hydrogen (secondary N) is 1. The van der Waals surface area contributed by atoms with Gasteiger partial charge >= 0.3 is 0 Å². The van der Waals surface area contributed by atoms with Crippen LogP contribution in [0.1, 0.15) is 25.7 Å². The van der Waals surface area contributed by atoms with E-state index in [1.165, 1.54) is 38.8 Å². The van der Waals surface area contributed by atoms with E-state index in [2.05, 4.69) is 10.2 Å². The Kier molecular flexibility index (Phi) is 8.61. The Morgan fingerprint density at radius 2 is 2.00 bits per heavy atom. The fourth-order valence-electron chi connectivity index (χ4n) is 2.42. The lowest BCUT2D eigenvalue weighted by Crippen LogP contribution is -2.39. The average Bonchev–Trinajstić information content (AvgIpc) is 2.78. The van der Waals surface area contributed by atoms with Crippen LogP contribution in [0.2, 0.25) is 0 Å². The second kappa shape index (κ2) is 9.83. The van der Waals surface area contributed by atoms with Crippen LogP contribution in [0, 0.1) is 0 Å². The lowest BCUT2D eigenvalue weighted by Gasteiger charge is -2.24. The van der Waals surface area contributed by atoms with Crippen LogP contribution < -0.4 is 5.32 Å². The molecule has 0 aromatic carbocycles. The molecule has 0 aromatic rings. The van der Waals surface area contributed by atoms with Crippen LogP contribution in [0.3, 0.4) is 0 Å². The SMILES string of the molecule is COCCCCN1CCCC1CNCCOC. The van der Waals surface area contributed by atoms with E-state index in [0.717, 1.165) is 32.3 Å². The number of unbranched alkanes of at least 4 members (excludes halogenated alkanes) is 1. The van der Waals surface area contributed by atoms with Crippen LogP contribution in [0.4, 0.5) is 0 Å². The molecule has 1 atom stereocenters. The predicted octanol–water partition coefficient (Wildman–Crippen LogP) is 1.11. The molecule has 1 saturated heterocycles. The van der Waals surface area contributed by atoms with Crippen LogP contribution in [0.15, 0.2) is 0 Å². The first-order valence-electron chi connectivity index (χ1n) is 6.81. The molecule has 17 heavy (non-hydrogen) atoms. The molecule has 0 amide bonds. The number of likely N-dealkylation sites (tertiary alicyclic amines) is 1. The number of nitrogens with zero attached hydrogens (tertiary/aromatic N) is 1. The van der Waals surface area contributed by atoms with Gasteiger partial charge in [-0.15, -0.1) is 0 Å². The summed E-state index contributed by atoms with van der Waals surface area (Å²) in [4.78, 5) is 2.62. The number of hydrogen-bond acceptors (Lipinski definition) is 4. The Labute approximate surface area is 106 Å². The third kappa shape index (κ3) is 6.36. The van der Waals surface area contributed by atoms with Crippen molar-refractivity contribution in [1.29, 1.82) is 0 Å². The molecule has 1 rings (SSSR count). The maximum atomic E-state index is 5.08. The molecule has 0 aromatic heterocycles. The van der Waals surface area contributed by atoms with Gasteiger partial charge in [-0.25, -0.2) is 0 Å². The van der Waals surface area contributed by atoms with E-state index >= 15 is 0 Å². The first kappa shape index (κ1) is 14.9. The molecule has 102 valence electrons. The molecule has 0 saturated carbocycles. The minimum atomic E-state index is 0.731. The molecule has 0 aliphatic carbocycles. The molecule has 1 aliphatic heterocycles. The molecule has 4 nitrogen and oxygen atoms in total. The van der Waals surface area contributed by atoms with Gasteiger partial charge in [-0.3, -0.25) is 4.90 Å². The topological polar surface area (TPSA) is 33.7 Å².